The van der Waals surface area contributed by atoms with E-state index in [0.717, 1.165) is 25.9 Å². The molecule has 1 saturated carbocycles. The van der Waals surface area contributed by atoms with Gasteiger partial charge in [-0.05, 0) is 37.2 Å². The molecule has 5 nitrogen and oxygen atoms in total. The molecule has 1 aromatic rings. The van der Waals surface area contributed by atoms with Crippen LogP contribution in [-0.2, 0) is 15.1 Å². The van der Waals surface area contributed by atoms with Crippen LogP contribution in [0, 0.1) is 17.2 Å². The smallest absolute Gasteiger partial charge is 0.343 e. The molecule has 1 saturated heterocycles. The van der Waals surface area contributed by atoms with Crippen molar-refractivity contribution in [1.82, 2.24) is 4.90 Å². The number of hydrogen-bond acceptors (Lipinski definition) is 4. The van der Waals surface area contributed by atoms with Gasteiger partial charge in [-0.15, -0.1) is 12.4 Å². The van der Waals surface area contributed by atoms with E-state index in [4.69, 9.17) is 10.1 Å². The van der Waals surface area contributed by atoms with Gasteiger partial charge >= 0.3 is 5.97 Å². The Balaban J connectivity index is 0.00000300. The Bertz CT molecular complexity index is 684. The number of benzene rings is 1. The molecular weight excluding hydrogens is 402 g/mol. The number of piperidine rings is 1. The Hall–Kier alpha value is -1.73. The first-order valence-electron chi connectivity index (χ1n) is 9.93. The standard InChI is InChI=1S/C21H28F2N2O3.ClH/c22-20(23)10-6-18(14-20)21(27,17-4-2-1-3-5-17)19(26)28-13-9-16-7-11-25(15-24)12-8-16;/h1-5,15-16,18,24,27H,6-14H2;1H. The molecule has 162 valence electrons. The third-order valence-electron chi connectivity index (χ3n) is 6.11. The maximum atomic E-state index is 13.8. The Morgan fingerprint density at radius 1 is 1.28 bits per heavy atom. The molecule has 0 bridgehead atoms. The van der Waals surface area contributed by atoms with E-state index in [0.29, 0.717) is 17.9 Å². The van der Waals surface area contributed by atoms with Gasteiger partial charge in [-0.2, -0.15) is 0 Å². The van der Waals surface area contributed by atoms with E-state index < -0.39 is 29.8 Å². The molecule has 1 aromatic carbocycles. The molecule has 2 fully saturated rings. The zero-order chi connectivity index (χ0) is 20.2. The van der Waals surface area contributed by atoms with Crippen molar-refractivity contribution in [3.05, 3.63) is 35.9 Å². The van der Waals surface area contributed by atoms with Gasteiger partial charge in [-0.1, -0.05) is 30.3 Å². The summed E-state index contributed by atoms with van der Waals surface area (Å²) < 4.78 is 33.0. The van der Waals surface area contributed by atoms with Gasteiger partial charge in [-0.3, -0.25) is 5.41 Å². The van der Waals surface area contributed by atoms with Crippen LogP contribution in [0.2, 0.25) is 0 Å². The van der Waals surface area contributed by atoms with Gasteiger partial charge in [-0.25, -0.2) is 13.6 Å². The van der Waals surface area contributed by atoms with Gasteiger partial charge < -0.3 is 14.7 Å². The first-order chi connectivity index (χ1) is 13.3. The van der Waals surface area contributed by atoms with Crippen LogP contribution in [0.5, 0.6) is 0 Å². The number of nitrogens with one attached hydrogen (secondary N) is 1. The second-order valence-electron chi connectivity index (χ2n) is 7.96. The summed E-state index contributed by atoms with van der Waals surface area (Å²) in [6.45, 7) is 1.78. The minimum Gasteiger partial charge on any atom is -0.463 e. The molecule has 2 aliphatic rings. The molecule has 8 heteroatoms. The molecule has 0 spiro atoms. The second kappa shape index (κ2) is 9.85. The van der Waals surface area contributed by atoms with Gasteiger partial charge in [0, 0.05) is 31.8 Å². The van der Waals surface area contributed by atoms with Crippen molar-refractivity contribution >= 4 is 24.7 Å². The summed E-state index contributed by atoms with van der Waals surface area (Å²) in [5.41, 5.74) is -1.74. The lowest BCUT2D eigenvalue weighted by atomic mass is 9.80. The van der Waals surface area contributed by atoms with Crippen molar-refractivity contribution in [3.63, 3.8) is 0 Å². The summed E-state index contributed by atoms with van der Waals surface area (Å²) in [5, 5.41) is 18.5. The van der Waals surface area contributed by atoms with Crippen LogP contribution < -0.4 is 0 Å². The van der Waals surface area contributed by atoms with E-state index in [1.807, 2.05) is 4.90 Å². The molecule has 0 aromatic heterocycles. The Labute approximate surface area is 176 Å². The second-order valence-corrected chi connectivity index (χ2v) is 7.96. The predicted molar refractivity (Wildman–Crippen MR) is 109 cm³/mol. The van der Waals surface area contributed by atoms with Gasteiger partial charge in [0.05, 0.1) is 12.9 Å². The van der Waals surface area contributed by atoms with Crippen molar-refractivity contribution in [2.24, 2.45) is 11.8 Å². The monoisotopic (exact) mass is 430 g/mol. The van der Waals surface area contributed by atoms with Crippen LogP contribution in [0.4, 0.5) is 8.78 Å². The fourth-order valence-electron chi connectivity index (χ4n) is 4.32. The number of rotatable bonds is 7. The molecule has 1 aliphatic carbocycles. The molecule has 1 heterocycles. The van der Waals surface area contributed by atoms with Crippen LogP contribution in [-0.4, -0.2) is 47.9 Å². The van der Waals surface area contributed by atoms with E-state index in [1.165, 1.54) is 6.34 Å². The Morgan fingerprint density at radius 2 is 1.93 bits per heavy atom. The number of ether oxygens (including phenoxy) is 1. The quantitative estimate of drug-likeness (QED) is 0.390. The summed E-state index contributed by atoms with van der Waals surface area (Å²) in [6, 6.07) is 8.28. The third-order valence-corrected chi connectivity index (χ3v) is 6.11. The molecule has 2 N–H and O–H groups in total. The molecule has 0 radical (unpaired) electrons. The summed E-state index contributed by atoms with van der Waals surface area (Å²) in [4.78, 5) is 14.8. The summed E-state index contributed by atoms with van der Waals surface area (Å²) in [7, 11) is 0. The van der Waals surface area contributed by atoms with E-state index in [-0.39, 0.29) is 31.9 Å². The summed E-state index contributed by atoms with van der Waals surface area (Å²) >= 11 is 0. The van der Waals surface area contributed by atoms with Crippen molar-refractivity contribution in [2.45, 2.75) is 50.0 Å². The van der Waals surface area contributed by atoms with Crippen LogP contribution in [0.1, 0.15) is 44.1 Å². The van der Waals surface area contributed by atoms with Gasteiger partial charge in [0.2, 0.25) is 5.92 Å². The zero-order valence-electron chi connectivity index (χ0n) is 16.4. The number of alkyl halides is 2. The van der Waals surface area contributed by atoms with Gasteiger partial charge in [0.25, 0.3) is 0 Å². The summed E-state index contributed by atoms with van der Waals surface area (Å²) in [5.74, 6) is -4.17. The topological polar surface area (TPSA) is 73.6 Å². The van der Waals surface area contributed by atoms with E-state index in [9.17, 15) is 18.7 Å². The highest BCUT2D eigenvalue weighted by atomic mass is 35.5. The minimum absolute atomic E-state index is 0. The van der Waals surface area contributed by atoms with Gasteiger partial charge in [0.15, 0.2) is 5.60 Å². The Morgan fingerprint density at radius 3 is 2.48 bits per heavy atom. The van der Waals surface area contributed by atoms with Crippen molar-refractivity contribution < 1.29 is 23.4 Å². The summed E-state index contributed by atoms with van der Waals surface area (Å²) in [6.07, 6.45) is 3.09. The van der Waals surface area contributed by atoms with Crippen molar-refractivity contribution in [3.8, 4) is 0 Å². The highest BCUT2D eigenvalue weighted by molar-refractivity contribution is 5.85. The maximum absolute atomic E-state index is 13.8. The van der Waals surface area contributed by atoms with E-state index >= 15 is 0 Å². The van der Waals surface area contributed by atoms with Crippen LogP contribution in [0.25, 0.3) is 0 Å². The number of carbonyl (C=O) groups is 1. The maximum Gasteiger partial charge on any atom is 0.343 e. The number of carbonyl (C=O) groups excluding carboxylic acids is 1. The third kappa shape index (κ3) is 5.45. The number of likely N-dealkylation sites (tertiary alicyclic amines) is 1. The van der Waals surface area contributed by atoms with E-state index in [2.05, 4.69) is 0 Å². The van der Waals surface area contributed by atoms with Crippen molar-refractivity contribution in [2.75, 3.05) is 19.7 Å². The fraction of sp³-hybridized carbons (Fsp3) is 0.619. The normalized spacial score (nSPS) is 23.7. The average Bonchev–Trinajstić information content (AvgIpc) is 3.08. The average molecular weight is 431 g/mol. The lowest BCUT2D eigenvalue weighted by Gasteiger charge is -2.33. The largest absolute Gasteiger partial charge is 0.463 e. The van der Waals surface area contributed by atoms with Crippen molar-refractivity contribution in [1.29, 1.82) is 5.41 Å². The first kappa shape index (κ1) is 23.5. The van der Waals surface area contributed by atoms with E-state index in [1.54, 1.807) is 30.3 Å². The lowest BCUT2D eigenvalue weighted by Crippen LogP contribution is -2.44. The first-order valence-corrected chi connectivity index (χ1v) is 9.93. The number of esters is 1. The molecular formula is C21H29ClF2N2O3. The Kier molecular flexibility index (Phi) is 8.00. The molecule has 2 atom stereocenters. The highest BCUT2D eigenvalue weighted by Crippen LogP contribution is 2.47. The van der Waals surface area contributed by atoms with Crippen LogP contribution in [0.15, 0.2) is 30.3 Å². The van der Waals surface area contributed by atoms with Crippen LogP contribution in [0.3, 0.4) is 0 Å². The molecule has 29 heavy (non-hydrogen) atoms. The predicted octanol–water partition coefficient (Wildman–Crippen LogP) is 3.98. The SMILES string of the molecule is Cl.N=CN1CCC(CCOC(=O)C(O)(c2ccccc2)C2CCC(F)(F)C2)CC1. The van der Waals surface area contributed by atoms with Crippen LogP contribution >= 0.6 is 12.4 Å². The molecule has 2 unspecified atom stereocenters. The molecule has 1 aliphatic heterocycles. The number of nitrogens with zero attached hydrogens (tertiary/aromatic N) is 1. The number of hydrogen-bond donors (Lipinski definition) is 2. The minimum atomic E-state index is -2.86. The number of aliphatic hydroxyl groups is 1. The highest BCUT2D eigenvalue weighted by Gasteiger charge is 2.54. The molecule has 3 rings (SSSR count). The zero-order valence-corrected chi connectivity index (χ0v) is 17.2. The number of halogens is 3. The van der Waals surface area contributed by atoms with Gasteiger partial charge in [0.1, 0.15) is 0 Å². The fourth-order valence-corrected chi connectivity index (χ4v) is 4.32. The molecule has 0 amide bonds. The lowest BCUT2D eigenvalue weighted by molar-refractivity contribution is -0.175.